The molecule has 0 saturated carbocycles. The number of non-ortho nitro benzene ring substituents is 1. The summed E-state index contributed by atoms with van der Waals surface area (Å²) in [5, 5.41) is 18.8. The van der Waals surface area contributed by atoms with E-state index in [0.717, 1.165) is 24.1 Å². The van der Waals surface area contributed by atoms with E-state index in [1.807, 2.05) is 0 Å². The minimum Gasteiger partial charge on any atom is -0.338 e. The first-order chi connectivity index (χ1) is 13.9. The van der Waals surface area contributed by atoms with Crippen LogP contribution in [0.3, 0.4) is 0 Å². The summed E-state index contributed by atoms with van der Waals surface area (Å²) in [5.74, 6) is -1.62. The van der Waals surface area contributed by atoms with Crippen molar-refractivity contribution in [3.8, 4) is 0 Å². The molecule has 1 aromatic rings. The summed E-state index contributed by atoms with van der Waals surface area (Å²) in [6.45, 7) is 1.67. The van der Waals surface area contributed by atoms with Crippen LogP contribution in [0.4, 0.5) is 10.5 Å². The Labute approximate surface area is 166 Å². The van der Waals surface area contributed by atoms with Gasteiger partial charge in [0.2, 0.25) is 5.91 Å². The molecule has 29 heavy (non-hydrogen) atoms. The third-order valence-corrected chi connectivity index (χ3v) is 4.96. The number of carbonyl (C=O) groups is 4. The zero-order valence-electron chi connectivity index (χ0n) is 15.6. The molecular formula is C18H21N5O6. The molecule has 0 radical (unpaired) electrons. The van der Waals surface area contributed by atoms with Crippen LogP contribution in [0.15, 0.2) is 18.2 Å². The molecule has 3 N–H and O–H groups in total. The number of fused-ring (bicyclic) bond motifs is 1. The summed E-state index contributed by atoms with van der Waals surface area (Å²) in [6.07, 6.45) is 1.64. The van der Waals surface area contributed by atoms with Crippen molar-refractivity contribution < 1.29 is 24.1 Å². The average molecular weight is 403 g/mol. The number of rotatable bonds is 6. The van der Waals surface area contributed by atoms with Crippen LogP contribution in [0, 0.1) is 16.0 Å². The number of piperidine rings is 1. The second kappa shape index (κ2) is 8.78. The van der Waals surface area contributed by atoms with E-state index in [1.165, 1.54) is 12.1 Å². The SMILES string of the molecule is O=C(NCCCN1C(=O)c2ccc([N+](=O)[O-])cc2C1=O)NC(=O)C1CCNCC1. The van der Waals surface area contributed by atoms with Gasteiger partial charge in [-0.25, -0.2) is 4.79 Å². The van der Waals surface area contributed by atoms with Gasteiger partial charge in [-0.15, -0.1) is 0 Å². The van der Waals surface area contributed by atoms with Gasteiger partial charge in [-0.05, 0) is 38.4 Å². The minimum absolute atomic E-state index is 0.00229. The second-order valence-corrected chi connectivity index (χ2v) is 6.87. The number of benzene rings is 1. The molecule has 11 nitrogen and oxygen atoms in total. The first-order valence-corrected chi connectivity index (χ1v) is 9.32. The highest BCUT2D eigenvalue weighted by atomic mass is 16.6. The maximum Gasteiger partial charge on any atom is 0.321 e. The van der Waals surface area contributed by atoms with Crippen LogP contribution in [0.2, 0.25) is 0 Å². The van der Waals surface area contributed by atoms with Gasteiger partial charge in [-0.2, -0.15) is 0 Å². The van der Waals surface area contributed by atoms with Gasteiger partial charge in [0.25, 0.3) is 17.5 Å². The highest BCUT2D eigenvalue weighted by Crippen LogP contribution is 2.26. The molecule has 1 aromatic carbocycles. The molecule has 3 rings (SSSR count). The number of nitro groups is 1. The standard InChI is InChI=1S/C18H21N5O6/c24-15(11-4-7-19-8-5-11)21-18(27)20-6-1-9-22-16(25)13-3-2-12(23(28)29)10-14(13)17(22)26/h2-3,10-11,19H,1,4-9H2,(H2,20,21,24,27). The van der Waals surface area contributed by atoms with Crippen LogP contribution >= 0.6 is 0 Å². The van der Waals surface area contributed by atoms with E-state index in [2.05, 4.69) is 16.0 Å². The molecule has 1 fully saturated rings. The number of carbonyl (C=O) groups excluding carboxylic acids is 4. The normalized spacial score (nSPS) is 16.5. The number of imide groups is 2. The predicted molar refractivity (Wildman–Crippen MR) is 100 cm³/mol. The van der Waals surface area contributed by atoms with Crippen LogP contribution < -0.4 is 16.0 Å². The lowest BCUT2D eigenvalue weighted by molar-refractivity contribution is -0.384. The smallest absolute Gasteiger partial charge is 0.321 e. The molecule has 5 amide bonds. The van der Waals surface area contributed by atoms with E-state index in [4.69, 9.17) is 0 Å². The van der Waals surface area contributed by atoms with Gasteiger partial charge in [0, 0.05) is 31.1 Å². The largest absolute Gasteiger partial charge is 0.338 e. The monoisotopic (exact) mass is 403 g/mol. The molecule has 154 valence electrons. The summed E-state index contributed by atoms with van der Waals surface area (Å²) < 4.78 is 0. The molecule has 2 aliphatic heterocycles. The maximum atomic E-state index is 12.4. The van der Waals surface area contributed by atoms with Crippen molar-refractivity contribution in [2.75, 3.05) is 26.2 Å². The van der Waals surface area contributed by atoms with Crippen LogP contribution in [-0.2, 0) is 4.79 Å². The summed E-state index contributed by atoms with van der Waals surface area (Å²) in [6, 6.07) is 2.92. The average Bonchev–Trinajstić information content (AvgIpc) is 2.95. The quantitative estimate of drug-likeness (QED) is 0.269. The Kier molecular flexibility index (Phi) is 6.17. The number of nitrogens with one attached hydrogen (secondary N) is 3. The Hall–Kier alpha value is -3.34. The zero-order chi connectivity index (χ0) is 21.0. The molecule has 2 aliphatic rings. The van der Waals surface area contributed by atoms with Crippen LogP contribution in [0.1, 0.15) is 40.0 Å². The lowest BCUT2D eigenvalue weighted by Gasteiger charge is -2.21. The number of hydrogen-bond donors (Lipinski definition) is 3. The van der Waals surface area contributed by atoms with E-state index in [0.29, 0.717) is 12.8 Å². The highest BCUT2D eigenvalue weighted by Gasteiger charge is 2.36. The Morgan fingerprint density at radius 2 is 1.86 bits per heavy atom. The Balaban J connectivity index is 1.45. The summed E-state index contributed by atoms with van der Waals surface area (Å²) in [7, 11) is 0. The molecule has 0 bridgehead atoms. The van der Waals surface area contributed by atoms with Crippen LogP contribution in [-0.4, -0.2) is 59.8 Å². The Morgan fingerprint density at radius 1 is 1.17 bits per heavy atom. The fraction of sp³-hybridized carbons (Fsp3) is 0.444. The van der Waals surface area contributed by atoms with Crippen molar-refractivity contribution in [1.82, 2.24) is 20.9 Å². The summed E-state index contributed by atoms with van der Waals surface area (Å²) in [4.78, 5) is 59.7. The van der Waals surface area contributed by atoms with E-state index in [-0.39, 0.29) is 48.1 Å². The van der Waals surface area contributed by atoms with Gasteiger partial charge in [0.1, 0.15) is 0 Å². The second-order valence-electron chi connectivity index (χ2n) is 6.87. The lowest BCUT2D eigenvalue weighted by atomic mass is 9.97. The maximum absolute atomic E-state index is 12.4. The van der Waals surface area contributed by atoms with Crippen molar-refractivity contribution >= 4 is 29.4 Å². The van der Waals surface area contributed by atoms with Crippen LogP contribution in [0.25, 0.3) is 0 Å². The van der Waals surface area contributed by atoms with Crippen molar-refractivity contribution in [1.29, 1.82) is 0 Å². The van der Waals surface area contributed by atoms with E-state index >= 15 is 0 Å². The molecule has 2 heterocycles. The fourth-order valence-electron chi connectivity index (χ4n) is 3.38. The molecule has 1 saturated heterocycles. The van der Waals surface area contributed by atoms with Crippen molar-refractivity contribution in [2.45, 2.75) is 19.3 Å². The molecule has 0 spiro atoms. The Bertz CT molecular complexity index is 864. The third kappa shape index (κ3) is 4.57. The molecule has 11 heteroatoms. The lowest BCUT2D eigenvalue weighted by Crippen LogP contribution is -2.45. The van der Waals surface area contributed by atoms with Gasteiger partial charge in [0.05, 0.1) is 16.1 Å². The van der Waals surface area contributed by atoms with Crippen molar-refractivity contribution in [2.24, 2.45) is 5.92 Å². The van der Waals surface area contributed by atoms with E-state index in [9.17, 15) is 29.3 Å². The third-order valence-electron chi connectivity index (χ3n) is 4.96. The predicted octanol–water partition coefficient (Wildman–Crippen LogP) is 0.406. The number of nitrogens with zero attached hydrogens (tertiary/aromatic N) is 2. The van der Waals surface area contributed by atoms with E-state index < -0.39 is 22.8 Å². The van der Waals surface area contributed by atoms with Gasteiger partial charge < -0.3 is 10.6 Å². The number of urea groups is 1. The highest BCUT2D eigenvalue weighted by molar-refractivity contribution is 6.21. The fourth-order valence-corrected chi connectivity index (χ4v) is 3.38. The number of hydrogen-bond acceptors (Lipinski definition) is 7. The van der Waals surface area contributed by atoms with Gasteiger partial charge in [-0.1, -0.05) is 0 Å². The zero-order valence-corrected chi connectivity index (χ0v) is 15.6. The first kappa shape index (κ1) is 20.4. The summed E-state index contributed by atoms with van der Waals surface area (Å²) in [5.41, 5.74) is -0.134. The van der Waals surface area contributed by atoms with Gasteiger partial charge in [0.15, 0.2) is 0 Å². The molecule has 0 aliphatic carbocycles. The van der Waals surface area contributed by atoms with Crippen molar-refractivity contribution in [3.05, 3.63) is 39.4 Å². The van der Waals surface area contributed by atoms with Crippen molar-refractivity contribution in [3.63, 3.8) is 0 Å². The van der Waals surface area contributed by atoms with Gasteiger partial charge in [-0.3, -0.25) is 34.7 Å². The number of nitro benzene ring substituents is 1. The number of amides is 5. The molecular weight excluding hydrogens is 382 g/mol. The topological polar surface area (TPSA) is 151 Å². The van der Waals surface area contributed by atoms with Gasteiger partial charge >= 0.3 is 6.03 Å². The van der Waals surface area contributed by atoms with Crippen LogP contribution in [0.5, 0.6) is 0 Å². The van der Waals surface area contributed by atoms with E-state index in [1.54, 1.807) is 0 Å². The minimum atomic E-state index is -0.631. The molecule has 0 aromatic heterocycles. The first-order valence-electron chi connectivity index (χ1n) is 9.32. The molecule has 0 unspecified atom stereocenters. The molecule has 0 atom stereocenters. The summed E-state index contributed by atoms with van der Waals surface area (Å²) >= 11 is 0. The Morgan fingerprint density at radius 3 is 2.55 bits per heavy atom.